The molecule has 3 aliphatic rings. The summed E-state index contributed by atoms with van der Waals surface area (Å²) in [5.41, 5.74) is 1.83. The molecule has 1 aliphatic carbocycles. The number of carbonyl (C=O) groups excluding carboxylic acids is 1. The van der Waals surface area contributed by atoms with Gasteiger partial charge >= 0.3 is 0 Å². The average Bonchev–Trinajstić information content (AvgIpc) is 3.45. The van der Waals surface area contributed by atoms with E-state index in [0.29, 0.717) is 23.9 Å². The minimum atomic E-state index is -3.54. The molecule has 0 bridgehead atoms. The number of rotatable bonds is 6. The summed E-state index contributed by atoms with van der Waals surface area (Å²) < 4.78 is 28.3. The van der Waals surface area contributed by atoms with E-state index in [1.807, 2.05) is 11.8 Å². The molecule has 2 fully saturated rings. The first-order chi connectivity index (χ1) is 13.4. The van der Waals surface area contributed by atoms with Crippen molar-refractivity contribution in [2.75, 3.05) is 24.5 Å². The summed E-state index contributed by atoms with van der Waals surface area (Å²) >= 11 is 0. The number of fused-ring (bicyclic) bond motifs is 1. The van der Waals surface area contributed by atoms with Gasteiger partial charge in [0.1, 0.15) is 0 Å². The number of likely N-dealkylation sites (tertiary alicyclic amines) is 1. The van der Waals surface area contributed by atoms with Crippen molar-refractivity contribution >= 4 is 21.6 Å². The Morgan fingerprint density at radius 2 is 1.93 bits per heavy atom. The molecule has 1 N–H and O–H groups in total. The number of piperidine rings is 1. The molecule has 0 radical (unpaired) electrons. The summed E-state index contributed by atoms with van der Waals surface area (Å²) in [7, 11) is -3.54. The standard InChI is InChI=1S/C21H31N3O3S/c1-15-5-3-4-11-23(15)12-10-22-28(26,27)19-8-9-20-18(14-19)13-16(2)24(20)21(25)17-6-7-17/h8-9,14-17,22H,3-7,10-13H2,1-2H3/t15-,16-/m1/s1. The molecule has 1 aromatic carbocycles. The van der Waals surface area contributed by atoms with Gasteiger partial charge in [0, 0.05) is 36.8 Å². The summed E-state index contributed by atoms with van der Waals surface area (Å²) in [6.07, 6.45) is 6.30. The zero-order chi connectivity index (χ0) is 19.9. The van der Waals surface area contributed by atoms with Crippen molar-refractivity contribution < 1.29 is 13.2 Å². The van der Waals surface area contributed by atoms with Gasteiger partial charge in [0.15, 0.2) is 0 Å². The second-order valence-corrected chi connectivity index (χ2v) is 10.4. The van der Waals surface area contributed by atoms with Crippen molar-refractivity contribution in [2.24, 2.45) is 5.92 Å². The fourth-order valence-corrected chi connectivity index (χ4v) is 5.61. The van der Waals surface area contributed by atoms with Gasteiger partial charge < -0.3 is 4.90 Å². The zero-order valence-electron chi connectivity index (χ0n) is 16.9. The lowest BCUT2D eigenvalue weighted by molar-refractivity contribution is -0.120. The highest BCUT2D eigenvalue weighted by Gasteiger charge is 2.39. The molecule has 1 amide bonds. The van der Waals surface area contributed by atoms with Gasteiger partial charge in [0.05, 0.1) is 4.90 Å². The highest BCUT2D eigenvalue weighted by atomic mass is 32.2. The van der Waals surface area contributed by atoms with Crippen LogP contribution in [0.1, 0.15) is 51.5 Å². The number of sulfonamides is 1. The molecule has 1 saturated carbocycles. The van der Waals surface area contributed by atoms with Gasteiger partial charge in [-0.15, -0.1) is 0 Å². The molecule has 2 atom stereocenters. The molecule has 6 nitrogen and oxygen atoms in total. The average molecular weight is 406 g/mol. The lowest BCUT2D eigenvalue weighted by Gasteiger charge is -2.33. The Kier molecular flexibility index (Phi) is 5.51. The first-order valence-electron chi connectivity index (χ1n) is 10.6. The van der Waals surface area contributed by atoms with Gasteiger partial charge in [-0.2, -0.15) is 0 Å². The molecule has 0 unspecified atom stereocenters. The van der Waals surface area contributed by atoms with E-state index in [1.54, 1.807) is 18.2 Å². The fourth-order valence-electron chi connectivity index (χ4n) is 4.53. The van der Waals surface area contributed by atoms with Crippen LogP contribution in [0.2, 0.25) is 0 Å². The van der Waals surface area contributed by atoms with Crippen LogP contribution in [0.4, 0.5) is 5.69 Å². The Morgan fingerprint density at radius 3 is 2.64 bits per heavy atom. The van der Waals surface area contributed by atoms with E-state index in [2.05, 4.69) is 16.5 Å². The summed E-state index contributed by atoms with van der Waals surface area (Å²) in [6.45, 7) is 6.46. The summed E-state index contributed by atoms with van der Waals surface area (Å²) in [4.78, 5) is 17.1. The summed E-state index contributed by atoms with van der Waals surface area (Å²) in [5.74, 6) is 0.353. The topological polar surface area (TPSA) is 69.7 Å². The molecular formula is C21H31N3O3S. The molecular weight excluding hydrogens is 374 g/mol. The lowest BCUT2D eigenvalue weighted by atomic mass is 10.0. The van der Waals surface area contributed by atoms with Crippen LogP contribution in [0.25, 0.3) is 0 Å². The molecule has 0 spiro atoms. The van der Waals surface area contributed by atoms with Crippen LogP contribution in [0, 0.1) is 5.92 Å². The van der Waals surface area contributed by atoms with Gasteiger partial charge in [-0.25, -0.2) is 13.1 Å². The Balaban J connectivity index is 1.42. The van der Waals surface area contributed by atoms with Crippen LogP contribution >= 0.6 is 0 Å². The predicted molar refractivity (Wildman–Crippen MR) is 110 cm³/mol. The fraction of sp³-hybridized carbons (Fsp3) is 0.667. The monoisotopic (exact) mass is 405 g/mol. The van der Waals surface area contributed by atoms with Crippen LogP contribution in [0.15, 0.2) is 23.1 Å². The molecule has 2 heterocycles. The summed E-state index contributed by atoms with van der Waals surface area (Å²) in [5, 5.41) is 0. The highest BCUT2D eigenvalue weighted by Crippen LogP contribution is 2.39. The van der Waals surface area contributed by atoms with Crippen LogP contribution in [0.3, 0.4) is 0 Å². The van der Waals surface area contributed by atoms with Crippen molar-refractivity contribution in [1.82, 2.24) is 9.62 Å². The normalized spacial score (nSPS) is 25.7. The molecule has 1 aromatic rings. The van der Waals surface area contributed by atoms with E-state index in [0.717, 1.165) is 37.2 Å². The smallest absolute Gasteiger partial charge is 0.240 e. The second-order valence-electron chi connectivity index (χ2n) is 8.60. The Morgan fingerprint density at radius 1 is 1.14 bits per heavy atom. The quantitative estimate of drug-likeness (QED) is 0.790. The number of anilines is 1. The maximum Gasteiger partial charge on any atom is 0.240 e. The van der Waals surface area contributed by atoms with Crippen molar-refractivity contribution in [3.8, 4) is 0 Å². The van der Waals surface area contributed by atoms with Crippen LogP contribution in [-0.4, -0.2) is 50.9 Å². The number of carbonyl (C=O) groups is 1. The van der Waals surface area contributed by atoms with Crippen LogP contribution in [0.5, 0.6) is 0 Å². The number of nitrogens with zero attached hydrogens (tertiary/aromatic N) is 2. The van der Waals surface area contributed by atoms with Crippen LogP contribution in [-0.2, 0) is 21.2 Å². The minimum Gasteiger partial charge on any atom is -0.309 e. The van der Waals surface area contributed by atoms with Gasteiger partial charge in [-0.05, 0) is 76.3 Å². The molecule has 1 saturated heterocycles. The van der Waals surface area contributed by atoms with Crippen molar-refractivity contribution in [3.63, 3.8) is 0 Å². The van der Waals surface area contributed by atoms with E-state index in [9.17, 15) is 13.2 Å². The number of hydrogen-bond donors (Lipinski definition) is 1. The third-order valence-electron chi connectivity index (χ3n) is 6.37. The predicted octanol–water partition coefficient (Wildman–Crippen LogP) is 2.53. The van der Waals surface area contributed by atoms with E-state index in [-0.39, 0.29) is 17.9 Å². The third kappa shape index (κ3) is 3.98. The van der Waals surface area contributed by atoms with Gasteiger partial charge in [0.25, 0.3) is 0 Å². The molecule has 7 heteroatoms. The molecule has 28 heavy (non-hydrogen) atoms. The minimum absolute atomic E-state index is 0.0922. The maximum absolute atomic E-state index is 12.8. The first kappa shape index (κ1) is 19.9. The van der Waals surface area contributed by atoms with Gasteiger partial charge in [-0.1, -0.05) is 6.42 Å². The molecule has 154 valence electrons. The molecule has 0 aromatic heterocycles. The molecule has 2 aliphatic heterocycles. The van der Waals surface area contributed by atoms with E-state index < -0.39 is 10.0 Å². The molecule has 4 rings (SSSR count). The van der Waals surface area contributed by atoms with Crippen molar-refractivity contribution in [1.29, 1.82) is 0 Å². The van der Waals surface area contributed by atoms with Gasteiger partial charge in [0.2, 0.25) is 15.9 Å². The number of nitrogens with one attached hydrogen (secondary N) is 1. The van der Waals surface area contributed by atoms with Crippen LogP contribution < -0.4 is 9.62 Å². The first-order valence-corrected chi connectivity index (χ1v) is 12.0. The second kappa shape index (κ2) is 7.76. The third-order valence-corrected chi connectivity index (χ3v) is 7.83. The maximum atomic E-state index is 12.8. The van der Waals surface area contributed by atoms with E-state index in [1.165, 1.54) is 19.3 Å². The largest absolute Gasteiger partial charge is 0.309 e. The Bertz CT molecular complexity index is 850. The van der Waals surface area contributed by atoms with E-state index in [4.69, 9.17) is 0 Å². The SMILES string of the molecule is C[C@@H]1CCCCN1CCNS(=O)(=O)c1ccc2c(c1)C[C@@H](C)N2C(=O)C1CC1. The number of amides is 1. The van der Waals surface area contributed by atoms with Crippen molar-refractivity contribution in [2.45, 2.75) is 69.4 Å². The lowest BCUT2D eigenvalue weighted by Crippen LogP contribution is -2.42. The number of hydrogen-bond acceptors (Lipinski definition) is 4. The van der Waals surface area contributed by atoms with E-state index >= 15 is 0 Å². The Labute approximate surface area is 168 Å². The zero-order valence-corrected chi connectivity index (χ0v) is 17.7. The number of benzene rings is 1. The summed E-state index contributed by atoms with van der Waals surface area (Å²) in [6, 6.07) is 5.80. The highest BCUT2D eigenvalue weighted by molar-refractivity contribution is 7.89. The Hall–Kier alpha value is -1.44. The van der Waals surface area contributed by atoms with Gasteiger partial charge in [-0.3, -0.25) is 9.69 Å². The van der Waals surface area contributed by atoms with Crippen molar-refractivity contribution in [3.05, 3.63) is 23.8 Å².